The van der Waals surface area contributed by atoms with Gasteiger partial charge in [0.2, 0.25) is 0 Å². The van der Waals surface area contributed by atoms with Crippen LogP contribution in [0.1, 0.15) is 11.6 Å². The summed E-state index contributed by atoms with van der Waals surface area (Å²) in [4.78, 5) is 0. The average Bonchev–Trinajstić information content (AvgIpc) is 2.41. The van der Waals surface area contributed by atoms with Gasteiger partial charge < -0.3 is 4.74 Å². The molecule has 6 heteroatoms. The van der Waals surface area contributed by atoms with E-state index in [1.165, 1.54) is 18.9 Å². The first-order chi connectivity index (χ1) is 8.76. The summed E-state index contributed by atoms with van der Waals surface area (Å²) < 4.78 is 18.6. The monoisotopic (exact) mass is 288 g/mol. The van der Waals surface area contributed by atoms with Gasteiger partial charge in [-0.3, -0.25) is 11.3 Å². The molecule has 1 aromatic carbocycles. The quantitative estimate of drug-likeness (QED) is 0.657. The van der Waals surface area contributed by atoms with Crippen molar-refractivity contribution in [2.24, 2.45) is 5.84 Å². The van der Waals surface area contributed by atoms with Crippen molar-refractivity contribution in [1.29, 1.82) is 0 Å². The minimum atomic E-state index is -0.344. The second-order valence-electron chi connectivity index (χ2n) is 4.02. The van der Waals surface area contributed by atoms with Crippen molar-refractivity contribution in [2.75, 3.05) is 24.4 Å². The zero-order valence-corrected chi connectivity index (χ0v) is 11.8. The fourth-order valence-electron chi connectivity index (χ4n) is 1.99. The Morgan fingerprint density at radius 1 is 1.50 bits per heavy atom. The summed E-state index contributed by atoms with van der Waals surface area (Å²) in [6.07, 6.45) is 0. The molecule has 1 fully saturated rings. The number of benzene rings is 1. The number of hydrogen-bond acceptors (Lipinski definition) is 5. The molecule has 100 valence electrons. The van der Waals surface area contributed by atoms with Crippen molar-refractivity contribution < 1.29 is 9.13 Å². The first kappa shape index (κ1) is 14.0. The van der Waals surface area contributed by atoms with Gasteiger partial charge in [0.25, 0.3) is 0 Å². The van der Waals surface area contributed by atoms with E-state index in [9.17, 15) is 4.39 Å². The van der Waals surface area contributed by atoms with Gasteiger partial charge in [0, 0.05) is 22.5 Å². The van der Waals surface area contributed by atoms with Crippen LogP contribution < -0.4 is 16.0 Å². The summed E-state index contributed by atoms with van der Waals surface area (Å²) in [7, 11) is 1.46. The van der Waals surface area contributed by atoms with Crippen molar-refractivity contribution in [1.82, 2.24) is 5.43 Å². The van der Waals surface area contributed by atoms with Gasteiger partial charge in [0.15, 0.2) is 11.6 Å². The van der Waals surface area contributed by atoms with E-state index in [1.807, 2.05) is 29.6 Å². The number of nitrogens with one attached hydrogen (secondary N) is 1. The fraction of sp³-hybridized carbons (Fsp3) is 0.500. The van der Waals surface area contributed by atoms with Crippen LogP contribution in [0.2, 0.25) is 0 Å². The molecule has 1 aliphatic heterocycles. The third kappa shape index (κ3) is 3.12. The Bertz CT molecular complexity index is 400. The number of ether oxygens (including phenoxy) is 1. The lowest BCUT2D eigenvalue weighted by atomic mass is 10.0. The normalized spacial score (nSPS) is 21.6. The van der Waals surface area contributed by atoms with E-state index in [2.05, 4.69) is 5.43 Å². The van der Waals surface area contributed by atoms with E-state index >= 15 is 0 Å². The third-order valence-corrected chi connectivity index (χ3v) is 5.79. The van der Waals surface area contributed by atoms with E-state index in [-0.39, 0.29) is 17.6 Å². The number of hydrogen-bond donors (Lipinski definition) is 2. The zero-order chi connectivity index (χ0) is 13.0. The standard InChI is InChI=1S/C12H17FN2OS2/c1-16-10-3-2-8(6-9(10)13)12(15-14)11-7-17-4-5-18-11/h2-3,6,11-12,15H,4-5,7,14H2,1H3. The van der Waals surface area contributed by atoms with Crippen LogP contribution in [0, 0.1) is 5.82 Å². The number of thioether (sulfide) groups is 2. The van der Waals surface area contributed by atoms with Gasteiger partial charge in [0.1, 0.15) is 0 Å². The van der Waals surface area contributed by atoms with Crippen LogP contribution in [0.4, 0.5) is 4.39 Å². The first-order valence-electron chi connectivity index (χ1n) is 5.75. The molecular formula is C12H17FN2OS2. The van der Waals surface area contributed by atoms with Gasteiger partial charge in [-0.2, -0.15) is 23.5 Å². The summed E-state index contributed by atoms with van der Waals surface area (Å²) in [6, 6.07) is 4.99. The third-order valence-electron chi connectivity index (χ3n) is 2.93. The maximum absolute atomic E-state index is 13.7. The van der Waals surface area contributed by atoms with Gasteiger partial charge in [-0.05, 0) is 17.7 Å². The lowest BCUT2D eigenvalue weighted by Crippen LogP contribution is -2.37. The Morgan fingerprint density at radius 2 is 2.33 bits per heavy atom. The fourth-order valence-corrected chi connectivity index (χ4v) is 4.84. The molecule has 0 amide bonds. The molecule has 2 rings (SSSR count). The van der Waals surface area contributed by atoms with Crippen molar-refractivity contribution in [2.45, 2.75) is 11.3 Å². The predicted octanol–water partition coefficient (Wildman–Crippen LogP) is 2.19. The van der Waals surface area contributed by atoms with Crippen LogP contribution in [-0.2, 0) is 0 Å². The highest BCUT2D eigenvalue weighted by Crippen LogP contribution is 2.34. The maximum atomic E-state index is 13.7. The van der Waals surface area contributed by atoms with E-state index in [0.29, 0.717) is 5.25 Å². The molecule has 18 heavy (non-hydrogen) atoms. The maximum Gasteiger partial charge on any atom is 0.165 e. The smallest absolute Gasteiger partial charge is 0.165 e. The molecule has 1 heterocycles. The topological polar surface area (TPSA) is 47.3 Å². The van der Waals surface area contributed by atoms with E-state index < -0.39 is 0 Å². The Balaban J connectivity index is 2.18. The number of nitrogens with two attached hydrogens (primary N) is 1. The van der Waals surface area contributed by atoms with Gasteiger partial charge in [0.05, 0.1) is 13.2 Å². The van der Waals surface area contributed by atoms with Gasteiger partial charge in [-0.15, -0.1) is 0 Å². The van der Waals surface area contributed by atoms with Gasteiger partial charge in [-0.1, -0.05) is 6.07 Å². The molecule has 0 spiro atoms. The molecule has 3 N–H and O–H groups in total. The Labute approximate surface area is 115 Å². The highest BCUT2D eigenvalue weighted by molar-refractivity contribution is 8.06. The molecule has 1 aliphatic rings. The molecule has 0 aliphatic carbocycles. The molecule has 0 radical (unpaired) electrons. The van der Waals surface area contributed by atoms with Crippen molar-refractivity contribution >= 4 is 23.5 Å². The second-order valence-corrected chi connectivity index (χ2v) is 6.52. The Kier molecular flexibility index (Phi) is 5.17. The summed E-state index contributed by atoms with van der Waals surface area (Å²) in [6.45, 7) is 0. The lowest BCUT2D eigenvalue weighted by molar-refractivity contribution is 0.385. The molecule has 0 bridgehead atoms. The van der Waals surface area contributed by atoms with Gasteiger partial charge >= 0.3 is 0 Å². The van der Waals surface area contributed by atoms with E-state index in [1.54, 1.807) is 6.07 Å². The molecule has 0 aromatic heterocycles. The van der Waals surface area contributed by atoms with Crippen molar-refractivity contribution in [3.8, 4) is 5.75 Å². The summed E-state index contributed by atoms with van der Waals surface area (Å²) in [5.41, 5.74) is 3.68. The second kappa shape index (κ2) is 6.65. The molecule has 3 nitrogen and oxygen atoms in total. The minimum absolute atomic E-state index is 0.0248. The van der Waals surface area contributed by atoms with E-state index in [4.69, 9.17) is 10.6 Å². The number of halogens is 1. The molecule has 1 aromatic rings. The largest absolute Gasteiger partial charge is 0.494 e. The Morgan fingerprint density at radius 3 is 2.89 bits per heavy atom. The van der Waals surface area contributed by atoms with Crippen LogP contribution >= 0.6 is 23.5 Å². The highest BCUT2D eigenvalue weighted by atomic mass is 32.2. The predicted molar refractivity (Wildman–Crippen MR) is 76.6 cm³/mol. The Hall–Kier alpha value is -0.430. The van der Waals surface area contributed by atoms with Crippen LogP contribution in [0.3, 0.4) is 0 Å². The molecule has 2 atom stereocenters. The number of methoxy groups -OCH3 is 1. The molecule has 2 unspecified atom stereocenters. The van der Waals surface area contributed by atoms with E-state index in [0.717, 1.165) is 17.1 Å². The van der Waals surface area contributed by atoms with Crippen LogP contribution in [-0.4, -0.2) is 29.6 Å². The van der Waals surface area contributed by atoms with Crippen LogP contribution in [0.15, 0.2) is 18.2 Å². The van der Waals surface area contributed by atoms with Crippen LogP contribution in [0.25, 0.3) is 0 Å². The molecular weight excluding hydrogens is 271 g/mol. The van der Waals surface area contributed by atoms with Gasteiger partial charge in [-0.25, -0.2) is 4.39 Å². The zero-order valence-electron chi connectivity index (χ0n) is 10.2. The highest BCUT2D eigenvalue weighted by Gasteiger charge is 2.25. The summed E-state index contributed by atoms with van der Waals surface area (Å²) in [5.74, 6) is 8.88. The van der Waals surface area contributed by atoms with Crippen LogP contribution in [0.5, 0.6) is 5.75 Å². The van der Waals surface area contributed by atoms with Crippen molar-refractivity contribution in [3.05, 3.63) is 29.6 Å². The van der Waals surface area contributed by atoms with Crippen molar-refractivity contribution in [3.63, 3.8) is 0 Å². The number of hydrazine groups is 1. The summed E-state index contributed by atoms with van der Waals surface area (Å²) in [5, 5.41) is 0.376. The first-order valence-corrected chi connectivity index (χ1v) is 7.95. The minimum Gasteiger partial charge on any atom is -0.494 e. The average molecular weight is 288 g/mol. The summed E-state index contributed by atoms with van der Waals surface area (Å²) >= 11 is 3.81. The molecule has 0 saturated carbocycles. The number of rotatable bonds is 4. The molecule has 1 saturated heterocycles. The SMILES string of the molecule is COc1ccc(C(NN)C2CSCCS2)cc1F. The lowest BCUT2D eigenvalue weighted by Gasteiger charge is -2.29.